The van der Waals surface area contributed by atoms with Crippen molar-refractivity contribution in [2.24, 2.45) is 0 Å². The number of nitrogens with zero attached hydrogens (tertiary/aromatic N) is 1. The quantitative estimate of drug-likeness (QED) is 0.759. The van der Waals surface area contributed by atoms with Crippen LogP contribution in [0.5, 0.6) is 11.5 Å². The molecule has 1 aromatic heterocycles. The van der Waals surface area contributed by atoms with Crippen LogP contribution in [0, 0.1) is 0 Å². The summed E-state index contributed by atoms with van der Waals surface area (Å²) in [4.78, 5) is 4.23. The molecule has 0 aliphatic heterocycles. The Labute approximate surface area is 123 Å². The van der Waals surface area contributed by atoms with Gasteiger partial charge in [-0.05, 0) is 19.0 Å². The zero-order valence-electron chi connectivity index (χ0n) is 11.9. The van der Waals surface area contributed by atoms with Gasteiger partial charge in [0.25, 0.3) is 0 Å². The van der Waals surface area contributed by atoms with E-state index in [-0.39, 0.29) is 0 Å². The van der Waals surface area contributed by atoms with Crippen molar-refractivity contribution in [3.05, 3.63) is 40.3 Å². The number of nitrogens with one attached hydrogen (secondary N) is 1. The Morgan fingerprint density at radius 3 is 2.95 bits per heavy atom. The summed E-state index contributed by atoms with van der Waals surface area (Å²) < 4.78 is 11.3. The molecule has 0 saturated heterocycles. The number of hydrogen-bond donors (Lipinski definition) is 1. The number of para-hydroxylation sites is 1. The highest BCUT2D eigenvalue weighted by Gasteiger charge is 2.11. The third-order valence-electron chi connectivity index (χ3n) is 2.85. The van der Waals surface area contributed by atoms with E-state index in [1.807, 2.05) is 17.5 Å². The van der Waals surface area contributed by atoms with Gasteiger partial charge in [0, 0.05) is 23.7 Å². The van der Waals surface area contributed by atoms with E-state index in [0.717, 1.165) is 41.6 Å². The molecule has 2 aromatic rings. The number of aromatic nitrogens is 1. The second kappa shape index (κ2) is 7.87. The summed E-state index contributed by atoms with van der Waals surface area (Å²) >= 11 is 1.59. The molecular formula is C15H20N2O2S. The van der Waals surface area contributed by atoms with Gasteiger partial charge in [0.1, 0.15) is 11.6 Å². The van der Waals surface area contributed by atoms with Crippen LogP contribution in [0.1, 0.15) is 23.9 Å². The van der Waals surface area contributed by atoms with Gasteiger partial charge in [-0.3, -0.25) is 0 Å². The molecule has 1 heterocycles. The molecule has 1 N–H and O–H groups in total. The first-order chi connectivity index (χ1) is 9.85. The molecule has 5 heteroatoms. The Balaban J connectivity index is 2.10. The minimum Gasteiger partial charge on any atom is -0.493 e. The molecule has 0 aliphatic rings. The molecule has 0 spiro atoms. The van der Waals surface area contributed by atoms with E-state index in [1.165, 1.54) is 0 Å². The molecule has 0 unspecified atom stereocenters. The molecule has 0 atom stereocenters. The first-order valence-electron chi connectivity index (χ1n) is 6.73. The lowest BCUT2D eigenvalue weighted by Crippen LogP contribution is -2.15. The van der Waals surface area contributed by atoms with Crippen molar-refractivity contribution in [3.8, 4) is 11.5 Å². The second-order valence-corrected chi connectivity index (χ2v) is 5.32. The molecule has 0 radical (unpaired) electrons. The summed E-state index contributed by atoms with van der Waals surface area (Å²) in [5.74, 6) is 1.56. The van der Waals surface area contributed by atoms with Crippen molar-refractivity contribution in [1.82, 2.24) is 10.3 Å². The van der Waals surface area contributed by atoms with E-state index >= 15 is 0 Å². The van der Waals surface area contributed by atoms with Crippen LogP contribution in [0.4, 0.5) is 0 Å². The van der Waals surface area contributed by atoms with Crippen molar-refractivity contribution >= 4 is 11.3 Å². The summed E-state index contributed by atoms with van der Waals surface area (Å²) in [6, 6.07) is 5.96. The summed E-state index contributed by atoms with van der Waals surface area (Å²) in [6.45, 7) is 4.39. The van der Waals surface area contributed by atoms with Crippen molar-refractivity contribution in [1.29, 1.82) is 0 Å². The lowest BCUT2D eigenvalue weighted by Gasteiger charge is -2.14. The van der Waals surface area contributed by atoms with E-state index < -0.39 is 0 Å². The first-order valence-corrected chi connectivity index (χ1v) is 7.61. The molecule has 0 aliphatic carbocycles. The molecular weight excluding hydrogens is 272 g/mol. The van der Waals surface area contributed by atoms with Crippen molar-refractivity contribution in [2.75, 3.05) is 13.7 Å². The van der Waals surface area contributed by atoms with Gasteiger partial charge in [-0.15, -0.1) is 11.3 Å². The SMILES string of the molecule is CCCNCc1cccc(OC)c1OCc1nccs1. The third kappa shape index (κ3) is 3.95. The summed E-state index contributed by atoms with van der Waals surface area (Å²) in [5.41, 5.74) is 1.11. The van der Waals surface area contributed by atoms with Crippen LogP contribution in [-0.2, 0) is 13.2 Å². The number of benzene rings is 1. The monoisotopic (exact) mass is 292 g/mol. The second-order valence-electron chi connectivity index (χ2n) is 4.34. The molecule has 20 heavy (non-hydrogen) atoms. The molecule has 108 valence electrons. The van der Waals surface area contributed by atoms with E-state index in [9.17, 15) is 0 Å². The molecule has 0 saturated carbocycles. The van der Waals surface area contributed by atoms with E-state index in [2.05, 4.69) is 23.3 Å². The zero-order valence-corrected chi connectivity index (χ0v) is 12.7. The lowest BCUT2D eigenvalue weighted by atomic mass is 10.2. The maximum atomic E-state index is 5.92. The number of ether oxygens (including phenoxy) is 2. The van der Waals surface area contributed by atoms with Gasteiger partial charge in [-0.1, -0.05) is 19.1 Å². The van der Waals surface area contributed by atoms with Gasteiger partial charge >= 0.3 is 0 Å². The summed E-state index contributed by atoms with van der Waals surface area (Å²) in [6.07, 6.45) is 2.90. The van der Waals surface area contributed by atoms with Gasteiger partial charge < -0.3 is 14.8 Å². The van der Waals surface area contributed by atoms with Crippen LogP contribution in [0.3, 0.4) is 0 Å². The number of methoxy groups -OCH3 is 1. The standard InChI is InChI=1S/C15H20N2O2S/c1-3-7-16-10-12-5-4-6-13(18-2)15(12)19-11-14-17-8-9-20-14/h4-6,8-9,16H,3,7,10-11H2,1-2H3. The number of hydrogen-bond acceptors (Lipinski definition) is 5. The smallest absolute Gasteiger partial charge is 0.166 e. The van der Waals surface area contributed by atoms with Gasteiger partial charge in [0.05, 0.1) is 7.11 Å². The highest BCUT2D eigenvalue weighted by Crippen LogP contribution is 2.31. The predicted octanol–water partition coefficient (Wildman–Crippen LogP) is 3.23. The predicted molar refractivity (Wildman–Crippen MR) is 81.4 cm³/mol. The van der Waals surface area contributed by atoms with Crippen LogP contribution >= 0.6 is 11.3 Å². The number of thiazole rings is 1. The molecule has 2 rings (SSSR count). The molecule has 0 fully saturated rings. The Hall–Kier alpha value is -1.59. The van der Waals surface area contributed by atoms with Gasteiger partial charge in [0.15, 0.2) is 11.5 Å². The highest BCUT2D eigenvalue weighted by atomic mass is 32.1. The van der Waals surface area contributed by atoms with Crippen LogP contribution in [0.25, 0.3) is 0 Å². The zero-order chi connectivity index (χ0) is 14.2. The first kappa shape index (κ1) is 14.8. The van der Waals surface area contributed by atoms with Crippen LogP contribution < -0.4 is 14.8 Å². The molecule has 0 amide bonds. The molecule has 1 aromatic carbocycles. The molecule has 4 nitrogen and oxygen atoms in total. The van der Waals surface area contributed by atoms with Gasteiger partial charge in [-0.2, -0.15) is 0 Å². The fourth-order valence-electron chi connectivity index (χ4n) is 1.88. The van der Waals surface area contributed by atoms with E-state index in [4.69, 9.17) is 9.47 Å². The Kier molecular flexibility index (Phi) is 5.83. The summed E-state index contributed by atoms with van der Waals surface area (Å²) in [7, 11) is 1.66. The minimum absolute atomic E-state index is 0.471. The Bertz CT molecular complexity index is 515. The van der Waals surface area contributed by atoms with Crippen LogP contribution in [0.15, 0.2) is 29.8 Å². The fourth-order valence-corrected chi connectivity index (χ4v) is 2.41. The lowest BCUT2D eigenvalue weighted by molar-refractivity contribution is 0.280. The topological polar surface area (TPSA) is 43.4 Å². The largest absolute Gasteiger partial charge is 0.493 e. The maximum absolute atomic E-state index is 5.92. The van der Waals surface area contributed by atoms with Crippen molar-refractivity contribution in [2.45, 2.75) is 26.5 Å². The van der Waals surface area contributed by atoms with E-state index in [1.54, 1.807) is 24.6 Å². The average molecular weight is 292 g/mol. The van der Waals surface area contributed by atoms with Crippen molar-refractivity contribution in [3.63, 3.8) is 0 Å². The van der Waals surface area contributed by atoms with Gasteiger partial charge in [-0.25, -0.2) is 4.98 Å². The third-order valence-corrected chi connectivity index (χ3v) is 3.60. The average Bonchev–Trinajstić information content (AvgIpc) is 2.99. The molecule has 0 bridgehead atoms. The van der Waals surface area contributed by atoms with E-state index in [0.29, 0.717) is 6.61 Å². The Morgan fingerprint density at radius 1 is 1.35 bits per heavy atom. The Morgan fingerprint density at radius 2 is 2.25 bits per heavy atom. The van der Waals surface area contributed by atoms with Crippen LogP contribution in [-0.4, -0.2) is 18.6 Å². The van der Waals surface area contributed by atoms with Gasteiger partial charge in [0.2, 0.25) is 0 Å². The van der Waals surface area contributed by atoms with Crippen molar-refractivity contribution < 1.29 is 9.47 Å². The maximum Gasteiger partial charge on any atom is 0.166 e. The minimum atomic E-state index is 0.471. The fraction of sp³-hybridized carbons (Fsp3) is 0.400. The highest BCUT2D eigenvalue weighted by molar-refractivity contribution is 7.09. The normalized spacial score (nSPS) is 10.5. The van der Waals surface area contributed by atoms with Crippen LogP contribution in [0.2, 0.25) is 0 Å². The number of rotatable bonds is 8. The summed E-state index contributed by atoms with van der Waals surface area (Å²) in [5, 5.41) is 6.30.